The van der Waals surface area contributed by atoms with Crippen molar-refractivity contribution in [3.63, 3.8) is 0 Å². The van der Waals surface area contributed by atoms with E-state index < -0.39 is 0 Å². The number of anilines is 1. The monoisotopic (exact) mass is 230 g/mol. The van der Waals surface area contributed by atoms with Crippen LogP contribution < -0.4 is 5.73 Å². The van der Waals surface area contributed by atoms with Gasteiger partial charge in [0.05, 0.1) is 21.4 Å². The number of hydrogen-bond acceptors (Lipinski definition) is 4. The highest BCUT2D eigenvalue weighted by Crippen LogP contribution is 2.29. The zero-order valence-electron chi connectivity index (χ0n) is 8.69. The lowest BCUT2D eigenvalue weighted by Crippen LogP contribution is -1.87. The molecule has 3 N–H and O–H groups in total. The standard InChI is InChI=1S/C11H10N4S/c1-6-14-9-3-2-7(4-10(9)16-6)8-5-13-15-11(8)12/h2-5H,1H3,(H3,12,13,15). The average molecular weight is 230 g/mol. The van der Waals surface area contributed by atoms with Crippen LogP contribution in [-0.2, 0) is 0 Å². The first kappa shape index (κ1) is 9.35. The van der Waals surface area contributed by atoms with Crippen LogP contribution in [0.4, 0.5) is 5.82 Å². The van der Waals surface area contributed by atoms with Gasteiger partial charge in [-0.15, -0.1) is 11.3 Å². The number of nitrogens with one attached hydrogen (secondary N) is 1. The Morgan fingerprint density at radius 1 is 1.38 bits per heavy atom. The van der Waals surface area contributed by atoms with Crippen LogP contribution in [0.15, 0.2) is 24.4 Å². The van der Waals surface area contributed by atoms with E-state index in [0.717, 1.165) is 21.7 Å². The molecule has 0 bridgehead atoms. The number of fused-ring (bicyclic) bond motifs is 1. The number of rotatable bonds is 1. The van der Waals surface area contributed by atoms with Gasteiger partial charge in [-0.25, -0.2) is 4.98 Å². The van der Waals surface area contributed by atoms with Gasteiger partial charge < -0.3 is 5.73 Å². The minimum absolute atomic E-state index is 0.598. The summed E-state index contributed by atoms with van der Waals surface area (Å²) in [5.74, 6) is 0.598. The molecule has 0 atom stereocenters. The number of H-pyrrole nitrogens is 1. The molecular weight excluding hydrogens is 220 g/mol. The number of nitrogens with two attached hydrogens (primary N) is 1. The third-order valence-corrected chi connectivity index (χ3v) is 3.41. The van der Waals surface area contributed by atoms with Crippen LogP contribution in [0.3, 0.4) is 0 Å². The quantitative estimate of drug-likeness (QED) is 0.675. The lowest BCUT2D eigenvalue weighted by molar-refractivity contribution is 1.10. The zero-order chi connectivity index (χ0) is 11.1. The summed E-state index contributed by atoms with van der Waals surface area (Å²) in [5.41, 5.74) is 8.84. The topological polar surface area (TPSA) is 67.6 Å². The lowest BCUT2D eigenvalue weighted by Gasteiger charge is -1.98. The van der Waals surface area contributed by atoms with Gasteiger partial charge in [-0.1, -0.05) is 6.07 Å². The van der Waals surface area contributed by atoms with Crippen molar-refractivity contribution in [1.82, 2.24) is 15.2 Å². The number of aromatic nitrogens is 3. The summed E-state index contributed by atoms with van der Waals surface area (Å²) < 4.78 is 1.18. The average Bonchev–Trinajstić information content (AvgIpc) is 2.81. The van der Waals surface area contributed by atoms with Crippen LogP contribution in [0.5, 0.6) is 0 Å². The van der Waals surface area contributed by atoms with E-state index in [9.17, 15) is 0 Å². The van der Waals surface area contributed by atoms with Gasteiger partial charge in [0.15, 0.2) is 0 Å². The van der Waals surface area contributed by atoms with Crippen molar-refractivity contribution in [1.29, 1.82) is 0 Å². The fourth-order valence-electron chi connectivity index (χ4n) is 1.73. The van der Waals surface area contributed by atoms with Crippen molar-refractivity contribution in [2.24, 2.45) is 0 Å². The van der Waals surface area contributed by atoms with Crippen molar-refractivity contribution < 1.29 is 0 Å². The van der Waals surface area contributed by atoms with Crippen molar-refractivity contribution in [2.45, 2.75) is 6.92 Å². The number of benzene rings is 1. The molecule has 0 saturated heterocycles. The molecule has 2 aromatic heterocycles. The third-order valence-electron chi connectivity index (χ3n) is 2.48. The predicted molar refractivity (Wildman–Crippen MR) is 66.4 cm³/mol. The maximum atomic E-state index is 5.79. The molecule has 5 heteroatoms. The second-order valence-corrected chi connectivity index (χ2v) is 4.85. The minimum atomic E-state index is 0.598. The number of thiazole rings is 1. The number of aryl methyl sites for hydroxylation is 1. The third kappa shape index (κ3) is 1.37. The molecule has 2 heterocycles. The van der Waals surface area contributed by atoms with E-state index in [0.29, 0.717) is 5.82 Å². The van der Waals surface area contributed by atoms with Crippen molar-refractivity contribution in [2.75, 3.05) is 5.73 Å². The van der Waals surface area contributed by atoms with Gasteiger partial charge in [-0.05, 0) is 24.6 Å². The Hall–Kier alpha value is -1.88. The van der Waals surface area contributed by atoms with Crippen LogP contribution >= 0.6 is 11.3 Å². The number of hydrogen-bond donors (Lipinski definition) is 2. The van der Waals surface area contributed by atoms with E-state index in [1.165, 1.54) is 4.70 Å². The van der Waals surface area contributed by atoms with Gasteiger partial charge in [-0.2, -0.15) is 5.10 Å². The number of nitrogen functional groups attached to an aromatic ring is 1. The molecule has 0 unspecified atom stereocenters. The fraction of sp³-hybridized carbons (Fsp3) is 0.0909. The van der Waals surface area contributed by atoms with Crippen molar-refractivity contribution in [3.8, 4) is 11.1 Å². The van der Waals surface area contributed by atoms with E-state index in [1.54, 1.807) is 17.5 Å². The SMILES string of the molecule is Cc1nc2ccc(-c3cn[nH]c3N)cc2s1. The Kier molecular flexibility index (Phi) is 1.94. The molecule has 0 radical (unpaired) electrons. The summed E-state index contributed by atoms with van der Waals surface area (Å²) >= 11 is 1.69. The van der Waals surface area contributed by atoms with E-state index in [1.807, 2.05) is 19.1 Å². The summed E-state index contributed by atoms with van der Waals surface area (Å²) in [7, 11) is 0. The van der Waals surface area contributed by atoms with Crippen molar-refractivity contribution >= 4 is 27.4 Å². The number of aromatic amines is 1. The maximum absolute atomic E-state index is 5.79. The first-order chi connectivity index (χ1) is 7.74. The molecule has 0 aliphatic carbocycles. The highest BCUT2D eigenvalue weighted by molar-refractivity contribution is 7.18. The maximum Gasteiger partial charge on any atom is 0.126 e. The van der Waals surface area contributed by atoms with E-state index in [2.05, 4.69) is 21.2 Å². The Morgan fingerprint density at radius 3 is 3.00 bits per heavy atom. The normalized spacial score (nSPS) is 11.1. The summed E-state index contributed by atoms with van der Waals surface area (Å²) in [6.07, 6.45) is 1.74. The Bertz CT molecular complexity index is 653. The largest absolute Gasteiger partial charge is 0.384 e. The molecule has 0 fully saturated rings. The summed E-state index contributed by atoms with van der Waals surface area (Å²) in [6, 6.07) is 6.13. The zero-order valence-corrected chi connectivity index (χ0v) is 9.51. The van der Waals surface area contributed by atoms with Gasteiger partial charge in [0.1, 0.15) is 5.82 Å². The molecule has 0 aliphatic rings. The van der Waals surface area contributed by atoms with E-state index in [-0.39, 0.29) is 0 Å². The van der Waals surface area contributed by atoms with Crippen LogP contribution in [0.2, 0.25) is 0 Å². The van der Waals surface area contributed by atoms with Gasteiger partial charge in [-0.3, -0.25) is 5.10 Å². The predicted octanol–water partition coefficient (Wildman–Crippen LogP) is 2.58. The highest BCUT2D eigenvalue weighted by atomic mass is 32.1. The molecule has 3 aromatic rings. The fourth-order valence-corrected chi connectivity index (χ4v) is 2.60. The van der Waals surface area contributed by atoms with Crippen molar-refractivity contribution in [3.05, 3.63) is 29.4 Å². The Labute approximate surface area is 96.1 Å². The van der Waals surface area contributed by atoms with Gasteiger partial charge in [0, 0.05) is 5.56 Å². The lowest BCUT2D eigenvalue weighted by atomic mass is 10.1. The molecule has 0 aliphatic heterocycles. The van der Waals surface area contributed by atoms with Crippen LogP contribution in [-0.4, -0.2) is 15.2 Å². The van der Waals surface area contributed by atoms with Gasteiger partial charge in [0.2, 0.25) is 0 Å². The molecule has 4 nitrogen and oxygen atoms in total. The second-order valence-electron chi connectivity index (χ2n) is 3.61. The molecule has 0 saturated carbocycles. The van der Waals surface area contributed by atoms with E-state index in [4.69, 9.17) is 5.73 Å². The molecule has 0 spiro atoms. The van der Waals surface area contributed by atoms with Gasteiger partial charge in [0.25, 0.3) is 0 Å². The molecule has 1 aromatic carbocycles. The first-order valence-corrected chi connectivity index (χ1v) is 5.72. The Balaban J connectivity index is 2.22. The molecule has 80 valence electrons. The second kappa shape index (κ2) is 3.31. The Morgan fingerprint density at radius 2 is 2.25 bits per heavy atom. The van der Waals surface area contributed by atoms with E-state index >= 15 is 0 Å². The number of nitrogens with zero attached hydrogens (tertiary/aromatic N) is 2. The van der Waals surface area contributed by atoms with Crippen LogP contribution in [0, 0.1) is 6.92 Å². The smallest absolute Gasteiger partial charge is 0.126 e. The summed E-state index contributed by atoms with van der Waals surface area (Å²) in [4.78, 5) is 4.42. The molecule has 3 rings (SSSR count). The first-order valence-electron chi connectivity index (χ1n) is 4.90. The minimum Gasteiger partial charge on any atom is -0.384 e. The summed E-state index contributed by atoms with van der Waals surface area (Å²) in [6.45, 7) is 2.01. The molecule has 16 heavy (non-hydrogen) atoms. The highest BCUT2D eigenvalue weighted by Gasteiger charge is 2.07. The molecule has 0 amide bonds. The van der Waals surface area contributed by atoms with Crippen LogP contribution in [0.1, 0.15) is 5.01 Å². The van der Waals surface area contributed by atoms with Gasteiger partial charge >= 0.3 is 0 Å². The summed E-state index contributed by atoms with van der Waals surface area (Å²) in [5, 5.41) is 7.73. The van der Waals surface area contributed by atoms with Crippen LogP contribution in [0.25, 0.3) is 21.3 Å². The molecular formula is C11H10N4S.